The Morgan fingerprint density at radius 3 is 2.36 bits per heavy atom. The van der Waals surface area contributed by atoms with Crippen LogP contribution in [0.25, 0.3) is 0 Å². The van der Waals surface area contributed by atoms with Crippen molar-refractivity contribution < 1.29 is 9.47 Å². The van der Waals surface area contributed by atoms with Gasteiger partial charge < -0.3 is 15.2 Å². The van der Waals surface area contributed by atoms with Crippen molar-refractivity contribution in [3.05, 3.63) is 0 Å². The predicted octanol–water partition coefficient (Wildman–Crippen LogP) is 0.712. The van der Waals surface area contributed by atoms with Crippen LogP contribution >= 0.6 is 0 Å². The molecule has 0 unspecified atom stereocenters. The lowest BCUT2D eigenvalue weighted by Crippen LogP contribution is -2.15. The Morgan fingerprint density at radius 2 is 2.00 bits per heavy atom. The van der Waals surface area contributed by atoms with Crippen LogP contribution < -0.4 is 5.73 Å². The first-order valence-electron chi connectivity index (χ1n) is 3.59. The molecule has 0 radical (unpaired) electrons. The van der Waals surface area contributed by atoms with Crippen LogP contribution in [0, 0.1) is 5.41 Å². The minimum atomic E-state index is -0.158. The average Bonchev–Trinajstić information content (AvgIpc) is 1.98. The molecule has 0 saturated heterocycles. The molecule has 0 fully saturated rings. The zero-order chi connectivity index (χ0) is 8.69. The molecule has 0 aromatic rings. The summed E-state index contributed by atoms with van der Waals surface area (Å²) in [6.07, 6.45) is 2.08. The maximum Gasteiger partial charge on any atom is 0.156 e. The van der Waals surface area contributed by atoms with Crippen molar-refractivity contribution in [2.75, 3.05) is 14.2 Å². The molecule has 0 bridgehead atoms. The van der Waals surface area contributed by atoms with Gasteiger partial charge in [0.05, 0.1) is 5.84 Å². The summed E-state index contributed by atoms with van der Waals surface area (Å²) in [7, 11) is 3.20. The Kier molecular flexibility index (Phi) is 5.78. The largest absolute Gasteiger partial charge is 0.388 e. The topological polar surface area (TPSA) is 68.3 Å². The lowest BCUT2D eigenvalue weighted by Gasteiger charge is -2.11. The highest BCUT2D eigenvalue weighted by Gasteiger charge is 2.03. The Bertz CT molecular complexity index is 113. The van der Waals surface area contributed by atoms with E-state index in [-0.39, 0.29) is 12.1 Å². The number of ether oxygens (including phenoxy) is 2. The van der Waals surface area contributed by atoms with E-state index < -0.39 is 0 Å². The molecule has 66 valence electrons. The fraction of sp³-hybridized carbons (Fsp3) is 0.857. The number of methoxy groups -OCH3 is 2. The van der Waals surface area contributed by atoms with Crippen molar-refractivity contribution in [3.8, 4) is 0 Å². The van der Waals surface area contributed by atoms with Gasteiger partial charge in [0.2, 0.25) is 0 Å². The molecule has 4 nitrogen and oxygen atoms in total. The van der Waals surface area contributed by atoms with Crippen molar-refractivity contribution in [2.45, 2.75) is 25.6 Å². The van der Waals surface area contributed by atoms with Crippen LogP contribution in [-0.2, 0) is 9.47 Å². The zero-order valence-electron chi connectivity index (χ0n) is 7.09. The van der Waals surface area contributed by atoms with E-state index in [9.17, 15) is 0 Å². The van der Waals surface area contributed by atoms with E-state index in [1.807, 2.05) is 0 Å². The fourth-order valence-corrected chi connectivity index (χ4v) is 0.791. The molecule has 0 aliphatic rings. The summed E-state index contributed by atoms with van der Waals surface area (Å²) in [5, 5.41) is 6.95. The second-order valence-corrected chi connectivity index (χ2v) is 2.32. The number of hydrogen-bond donors (Lipinski definition) is 2. The van der Waals surface area contributed by atoms with E-state index >= 15 is 0 Å². The summed E-state index contributed by atoms with van der Waals surface area (Å²) in [5.41, 5.74) is 5.16. The van der Waals surface area contributed by atoms with Crippen molar-refractivity contribution in [2.24, 2.45) is 5.73 Å². The standard InChI is InChI=1S/C7H16N2O2/c1-10-7(11-2)5-3-4-6(8)9/h7H,3-5H2,1-2H3,(H3,8,9). The summed E-state index contributed by atoms with van der Waals surface area (Å²) in [6.45, 7) is 0. The first-order chi connectivity index (χ1) is 5.20. The van der Waals surface area contributed by atoms with Crippen LogP contribution in [-0.4, -0.2) is 26.3 Å². The van der Waals surface area contributed by atoms with Crippen LogP contribution in [0.3, 0.4) is 0 Å². The molecule has 0 amide bonds. The van der Waals surface area contributed by atoms with Crippen LogP contribution in [0.5, 0.6) is 0 Å². The highest BCUT2D eigenvalue weighted by Crippen LogP contribution is 2.03. The second kappa shape index (κ2) is 6.12. The Balaban J connectivity index is 3.28. The monoisotopic (exact) mass is 160 g/mol. The number of nitrogens with one attached hydrogen (secondary N) is 1. The minimum Gasteiger partial charge on any atom is -0.388 e. The molecule has 3 N–H and O–H groups in total. The molecular weight excluding hydrogens is 144 g/mol. The Labute approximate surface area is 67.2 Å². The minimum absolute atomic E-state index is 0.158. The summed E-state index contributed by atoms with van der Waals surface area (Å²) in [4.78, 5) is 0. The predicted molar refractivity (Wildman–Crippen MR) is 43.6 cm³/mol. The molecule has 0 heterocycles. The van der Waals surface area contributed by atoms with E-state index in [1.54, 1.807) is 14.2 Å². The van der Waals surface area contributed by atoms with Crippen molar-refractivity contribution >= 4 is 5.84 Å². The van der Waals surface area contributed by atoms with Gasteiger partial charge in [0.1, 0.15) is 0 Å². The lowest BCUT2D eigenvalue weighted by molar-refractivity contribution is -0.106. The van der Waals surface area contributed by atoms with E-state index in [0.29, 0.717) is 6.42 Å². The molecule has 0 aliphatic carbocycles. The third kappa shape index (κ3) is 5.82. The average molecular weight is 160 g/mol. The van der Waals surface area contributed by atoms with E-state index in [4.69, 9.17) is 20.6 Å². The Hall–Kier alpha value is -0.610. The van der Waals surface area contributed by atoms with Gasteiger partial charge in [-0.1, -0.05) is 0 Å². The number of hydrogen-bond acceptors (Lipinski definition) is 3. The van der Waals surface area contributed by atoms with Gasteiger partial charge in [-0.25, -0.2) is 0 Å². The molecule has 0 atom stereocenters. The van der Waals surface area contributed by atoms with Gasteiger partial charge in [-0.3, -0.25) is 5.41 Å². The van der Waals surface area contributed by atoms with Gasteiger partial charge >= 0.3 is 0 Å². The third-order valence-electron chi connectivity index (χ3n) is 1.41. The van der Waals surface area contributed by atoms with Gasteiger partial charge in [0.15, 0.2) is 6.29 Å². The quantitative estimate of drug-likeness (QED) is 0.341. The van der Waals surface area contributed by atoms with Gasteiger partial charge in [-0.15, -0.1) is 0 Å². The molecule has 4 heteroatoms. The second-order valence-electron chi connectivity index (χ2n) is 2.32. The fourth-order valence-electron chi connectivity index (χ4n) is 0.791. The number of rotatable bonds is 6. The van der Waals surface area contributed by atoms with Gasteiger partial charge in [-0.2, -0.15) is 0 Å². The highest BCUT2D eigenvalue weighted by molar-refractivity contribution is 5.76. The maximum absolute atomic E-state index is 6.95. The van der Waals surface area contributed by atoms with Crippen LogP contribution in [0.4, 0.5) is 0 Å². The first-order valence-corrected chi connectivity index (χ1v) is 3.59. The van der Waals surface area contributed by atoms with E-state index in [2.05, 4.69) is 0 Å². The molecule has 0 aromatic heterocycles. The smallest absolute Gasteiger partial charge is 0.156 e. The van der Waals surface area contributed by atoms with Crippen molar-refractivity contribution in [1.29, 1.82) is 5.41 Å². The third-order valence-corrected chi connectivity index (χ3v) is 1.41. The molecule has 11 heavy (non-hydrogen) atoms. The molecule has 0 rings (SSSR count). The molecule has 0 aromatic carbocycles. The maximum atomic E-state index is 6.95. The van der Waals surface area contributed by atoms with Crippen LogP contribution in [0.15, 0.2) is 0 Å². The normalized spacial score (nSPS) is 10.5. The first kappa shape index (κ1) is 10.4. The summed E-state index contributed by atoms with van der Waals surface area (Å²) in [6, 6.07) is 0. The summed E-state index contributed by atoms with van der Waals surface area (Å²) < 4.78 is 9.90. The molecule has 0 aliphatic heterocycles. The van der Waals surface area contributed by atoms with Gasteiger partial charge in [0, 0.05) is 20.6 Å². The molecule has 0 spiro atoms. The molecule has 0 saturated carbocycles. The SMILES string of the molecule is COC(CCCC(=N)N)OC. The number of amidine groups is 1. The van der Waals surface area contributed by atoms with Crippen molar-refractivity contribution in [1.82, 2.24) is 0 Å². The number of nitrogens with two attached hydrogens (primary N) is 1. The zero-order valence-corrected chi connectivity index (χ0v) is 7.09. The highest BCUT2D eigenvalue weighted by atomic mass is 16.7. The summed E-state index contributed by atoms with van der Waals surface area (Å²) in [5.74, 6) is 0.218. The van der Waals surface area contributed by atoms with Crippen molar-refractivity contribution in [3.63, 3.8) is 0 Å². The van der Waals surface area contributed by atoms with Gasteiger partial charge in [-0.05, 0) is 12.8 Å². The van der Waals surface area contributed by atoms with Gasteiger partial charge in [0.25, 0.3) is 0 Å². The van der Waals surface area contributed by atoms with Crippen LogP contribution in [0.2, 0.25) is 0 Å². The summed E-state index contributed by atoms with van der Waals surface area (Å²) >= 11 is 0. The molecular formula is C7H16N2O2. The van der Waals surface area contributed by atoms with E-state index in [0.717, 1.165) is 12.8 Å². The Morgan fingerprint density at radius 1 is 1.45 bits per heavy atom. The lowest BCUT2D eigenvalue weighted by atomic mass is 10.2. The van der Waals surface area contributed by atoms with E-state index in [1.165, 1.54) is 0 Å². The van der Waals surface area contributed by atoms with Crippen LogP contribution in [0.1, 0.15) is 19.3 Å².